The Morgan fingerprint density at radius 2 is 1.66 bits per heavy atom. The summed E-state index contributed by atoms with van der Waals surface area (Å²) in [7, 11) is 0. The van der Waals surface area contributed by atoms with Crippen LogP contribution in [0.2, 0.25) is 0 Å². The Labute approximate surface area is 186 Å². The van der Waals surface area contributed by atoms with Gasteiger partial charge in [-0.1, -0.05) is 60.7 Å². The predicted molar refractivity (Wildman–Crippen MR) is 131 cm³/mol. The monoisotopic (exact) mass is 417 g/mol. The van der Waals surface area contributed by atoms with Crippen molar-refractivity contribution in [2.45, 2.75) is 19.5 Å². The van der Waals surface area contributed by atoms with Crippen LogP contribution in [0.5, 0.6) is 0 Å². The van der Waals surface area contributed by atoms with Crippen molar-refractivity contribution in [2.24, 2.45) is 0 Å². The van der Waals surface area contributed by atoms with Crippen LogP contribution < -0.4 is 10.6 Å². The van der Waals surface area contributed by atoms with Crippen LogP contribution in [0.15, 0.2) is 84.9 Å². The minimum absolute atomic E-state index is 0.0123. The fourth-order valence-electron chi connectivity index (χ4n) is 4.67. The number of carbonyl (C=O) groups excluding carboxylic acids is 1. The lowest BCUT2D eigenvalue weighted by Crippen LogP contribution is -2.12. The van der Waals surface area contributed by atoms with Gasteiger partial charge >= 0.3 is 0 Å². The fraction of sp³-hybridized carbons (Fsp3) is 0.107. The normalized spacial score (nSPS) is 13.8. The topological polar surface area (TPSA) is 56.9 Å². The molecule has 2 heterocycles. The largest absolute Gasteiger partial charge is 0.377 e. The highest BCUT2D eigenvalue weighted by Gasteiger charge is 2.19. The smallest absolute Gasteiger partial charge is 0.251 e. The molecule has 156 valence electrons. The van der Waals surface area contributed by atoms with Gasteiger partial charge in [0.15, 0.2) is 0 Å². The number of benzene rings is 4. The van der Waals surface area contributed by atoms with E-state index in [-0.39, 0.29) is 11.9 Å². The molecule has 0 saturated carbocycles. The van der Waals surface area contributed by atoms with Gasteiger partial charge in [0, 0.05) is 34.4 Å². The van der Waals surface area contributed by atoms with Gasteiger partial charge in [0.05, 0.1) is 11.2 Å². The third-order valence-corrected chi connectivity index (χ3v) is 6.43. The molecule has 0 radical (unpaired) electrons. The molecule has 0 fully saturated rings. The summed E-state index contributed by atoms with van der Waals surface area (Å²) in [6.45, 7) is 2.80. The maximum atomic E-state index is 12.1. The number of fused-ring (bicyclic) bond motifs is 4. The molecule has 1 amide bonds. The lowest BCUT2D eigenvalue weighted by molar-refractivity contribution is 0.0966. The van der Waals surface area contributed by atoms with Crippen molar-refractivity contribution in [1.29, 1.82) is 0 Å². The van der Waals surface area contributed by atoms with Crippen molar-refractivity contribution >= 4 is 33.4 Å². The Balaban J connectivity index is 1.42. The van der Waals surface area contributed by atoms with Crippen LogP contribution in [0.4, 0.5) is 5.69 Å². The molecule has 0 bridgehead atoms. The number of aromatic amines is 1. The second-order valence-corrected chi connectivity index (χ2v) is 8.44. The second-order valence-electron chi connectivity index (χ2n) is 8.44. The molecule has 3 N–H and O–H groups in total. The molecule has 6 rings (SSSR count). The summed E-state index contributed by atoms with van der Waals surface area (Å²) in [5.74, 6) is 0.0123. The van der Waals surface area contributed by atoms with Gasteiger partial charge < -0.3 is 15.6 Å². The van der Waals surface area contributed by atoms with E-state index in [1.165, 1.54) is 16.3 Å². The van der Waals surface area contributed by atoms with Crippen molar-refractivity contribution in [2.75, 3.05) is 5.32 Å². The first-order chi connectivity index (χ1) is 15.7. The van der Waals surface area contributed by atoms with Crippen LogP contribution >= 0.6 is 0 Å². The molecule has 4 aromatic carbocycles. The van der Waals surface area contributed by atoms with E-state index in [9.17, 15) is 4.79 Å². The number of rotatable bonds is 4. The highest BCUT2D eigenvalue weighted by molar-refractivity contribution is 6.12. The summed E-state index contributed by atoms with van der Waals surface area (Å²) in [5, 5.41) is 8.93. The molecule has 1 unspecified atom stereocenters. The molecule has 32 heavy (non-hydrogen) atoms. The van der Waals surface area contributed by atoms with Gasteiger partial charge in [-0.2, -0.15) is 0 Å². The zero-order valence-electron chi connectivity index (χ0n) is 17.8. The third-order valence-electron chi connectivity index (χ3n) is 6.43. The van der Waals surface area contributed by atoms with Gasteiger partial charge in [0.1, 0.15) is 0 Å². The van der Waals surface area contributed by atoms with E-state index in [4.69, 9.17) is 0 Å². The van der Waals surface area contributed by atoms with Crippen LogP contribution in [0.1, 0.15) is 34.5 Å². The molecule has 0 saturated heterocycles. The van der Waals surface area contributed by atoms with Crippen molar-refractivity contribution in [3.8, 4) is 11.1 Å². The highest BCUT2D eigenvalue weighted by Crippen LogP contribution is 2.35. The average molecular weight is 418 g/mol. The first kappa shape index (κ1) is 18.7. The number of anilines is 1. The second kappa shape index (κ2) is 7.27. The zero-order chi connectivity index (χ0) is 21.7. The van der Waals surface area contributed by atoms with E-state index in [0.29, 0.717) is 6.54 Å². The number of H-pyrrole nitrogens is 1. The minimum Gasteiger partial charge on any atom is -0.377 e. The maximum Gasteiger partial charge on any atom is 0.251 e. The Kier molecular flexibility index (Phi) is 4.25. The van der Waals surface area contributed by atoms with E-state index in [2.05, 4.69) is 95.3 Å². The number of hydrogen-bond donors (Lipinski definition) is 3. The number of para-hydroxylation sites is 1. The van der Waals surface area contributed by atoms with Crippen molar-refractivity contribution in [3.05, 3.63) is 102 Å². The zero-order valence-corrected chi connectivity index (χ0v) is 17.8. The van der Waals surface area contributed by atoms with Gasteiger partial charge in [-0.3, -0.25) is 4.79 Å². The van der Waals surface area contributed by atoms with Crippen LogP contribution in [-0.2, 0) is 6.54 Å². The van der Waals surface area contributed by atoms with Gasteiger partial charge in [-0.25, -0.2) is 0 Å². The van der Waals surface area contributed by atoms with Crippen LogP contribution in [0.3, 0.4) is 0 Å². The summed E-state index contributed by atoms with van der Waals surface area (Å²) in [6.07, 6.45) is 0. The number of carbonyl (C=O) groups is 1. The Morgan fingerprint density at radius 3 is 2.53 bits per heavy atom. The molecule has 1 aliphatic heterocycles. The van der Waals surface area contributed by atoms with Crippen LogP contribution in [-0.4, -0.2) is 10.9 Å². The Bertz CT molecular complexity index is 1480. The summed E-state index contributed by atoms with van der Waals surface area (Å²) >= 11 is 0. The third kappa shape index (κ3) is 3.04. The Morgan fingerprint density at radius 1 is 0.844 bits per heavy atom. The predicted octanol–water partition coefficient (Wildman–Crippen LogP) is 6.40. The first-order valence-electron chi connectivity index (χ1n) is 10.9. The van der Waals surface area contributed by atoms with Crippen molar-refractivity contribution in [1.82, 2.24) is 10.3 Å². The molecule has 1 aliphatic rings. The lowest BCUT2D eigenvalue weighted by atomic mass is 9.99. The van der Waals surface area contributed by atoms with E-state index in [1.54, 1.807) is 0 Å². The standard InChI is InChI=1S/C28H23N3O/c1-17(18-6-3-2-4-7-18)30-26-9-5-8-22-24-15-20(12-13-25(24)31-27(22)26)19-10-11-21-16-29-28(32)23(21)14-19/h2-15,17,30-31H,16H2,1H3,(H,29,32). The van der Waals surface area contributed by atoms with E-state index < -0.39 is 0 Å². The summed E-state index contributed by atoms with van der Waals surface area (Å²) in [5.41, 5.74) is 8.56. The van der Waals surface area contributed by atoms with E-state index >= 15 is 0 Å². The van der Waals surface area contributed by atoms with Gasteiger partial charge in [-0.15, -0.1) is 0 Å². The SMILES string of the molecule is CC(Nc1cccc2c1[nH]c1ccc(-c3ccc4c(c3)C(=O)NC4)cc12)c1ccccc1. The first-order valence-corrected chi connectivity index (χ1v) is 10.9. The van der Waals surface area contributed by atoms with E-state index in [1.807, 2.05) is 12.1 Å². The summed E-state index contributed by atoms with van der Waals surface area (Å²) in [4.78, 5) is 15.7. The Hall–Kier alpha value is -4.05. The number of hydrogen-bond acceptors (Lipinski definition) is 2. The molecule has 0 aliphatic carbocycles. The molecular formula is C28H23N3O. The number of nitrogens with one attached hydrogen (secondary N) is 3. The van der Waals surface area contributed by atoms with E-state index in [0.717, 1.165) is 39.0 Å². The maximum absolute atomic E-state index is 12.1. The summed E-state index contributed by atoms with van der Waals surface area (Å²) in [6, 6.07) is 29.7. The number of aromatic nitrogens is 1. The van der Waals surface area contributed by atoms with Gasteiger partial charge in [0.2, 0.25) is 0 Å². The lowest BCUT2D eigenvalue weighted by Gasteiger charge is -2.16. The minimum atomic E-state index is 0.0123. The van der Waals surface area contributed by atoms with Gasteiger partial charge in [-0.05, 0) is 53.4 Å². The quantitative estimate of drug-likeness (QED) is 0.317. The molecular weight excluding hydrogens is 394 g/mol. The van der Waals surface area contributed by atoms with Crippen LogP contribution in [0, 0.1) is 0 Å². The molecule has 5 aromatic rings. The molecule has 1 aromatic heterocycles. The molecule has 1 atom stereocenters. The molecule has 4 heteroatoms. The average Bonchev–Trinajstić information content (AvgIpc) is 3.40. The molecule has 0 spiro atoms. The van der Waals surface area contributed by atoms with Crippen molar-refractivity contribution < 1.29 is 4.79 Å². The van der Waals surface area contributed by atoms with Crippen molar-refractivity contribution in [3.63, 3.8) is 0 Å². The van der Waals surface area contributed by atoms with Crippen LogP contribution in [0.25, 0.3) is 32.9 Å². The number of amides is 1. The summed E-state index contributed by atoms with van der Waals surface area (Å²) < 4.78 is 0. The fourth-order valence-corrected chi connectivity index (χ4v) is 4.67. The van der Waals surface area contributed by atoms with Gasteiger partial charge in [0.25, 0.3) is 5.91 Å². The highest BCUT2D eigenvalue weighted by atomic mass is 16.1. The molecule has 4 nitrogen and oxygen atoms in total.